The maximum Gasteiger partial charge on any atom is 0.126 e. The molecule has 1 atom stereocenters. The van der Waals surface area contributed by atoms with E-state index in [-0.39, 0.29) is 11.4 Å². The van der Waals surface area contributed by atoms with Crippen LogP contribution in [-0.4, -0.2) is 19.6 Å². The van der Waals surface area contributed by atoms with Gasteiger partial charge in [-0.1, -0.05) is 11.6 Å². The molecule has 1 fully saturated rings. The van der Waals surface area contributed by atoms with Crippen molar-refractivity contribution in [2.75, 3.05) is 19.6 Å². The first-order valence-electron chi connectivity index (χ1n) is 5.45. The van der Waals surface area contributed by atoms with Crippen LogP contribution in [0.2, 0.25) is 5.02 Å². The molecule has 0 aromatic heterocycles. The first-order valence-corrected chi connectivity index (χ1v) is 5.82. The van der Waals surface area contributed by atoms with Crippen molar-refractivity contribution >= 4 is 11.6 Å². The molecule has 1 aromatic rings. The zero-order chi connectivity index (χ0) is 11.8. The zero-order valence-electron chi connectivity index (χ0n) is 9.53. The Morgan fingerprint density at radius 3 is 2.75 bits per heavy atom. The van der Waals surface area contributed by atoms with Crippen LogP contribution in [0, 0.1) is 12.7 Å². The van der Waals surface area contributed by atoms with Gasteiger partial charge in [-0.25, -0.2) is 4.39 Å². The summed E-state index contributed by atoms with van der Waals surface area (Å²) in [5.41, 5.74) is 1.12. The van der Waals surface area contributed by atoms with Gasteiger partial charge in [-0.3, -0.25) is 0 Å². The lowest BCUT2D eigenvalue weighted by Gasteiger charge is -2.36. The van der Waals surface area contributed by atoms with Gasteiger partial charge >= 0.3 is 0 Å². The number of hydrogen-bond donors (Lipinski definition) is 2. The highest BCUT2D eigenvalue weighted by Gasteiger charge is 2.30. The minimum Gasteiger partial charge on any atom is -0.313 e. The Bertz CT molecular complexity index is 400. The van der Waals surface area contributed by atoms with Gasteiger partial charge in [0.05, 0.1) is 5.54 Å². The molecule has 2 N–H and O–H groups in total. The van der Waals surface area contributed by atoms with Crippen LogP contribution < -0.4 is 10.6 Å². The molecule has 0 saturated carbocycles. The minimum atomic E-state index is -0.288. The highest BCUT2D eigenvalue weighted by Crippen LogP contribution is 2.30. The minimum absolute atomic E-state index is 0.201. The van der Waals surface area contributed by atoms with Gasteiger partial charge in [-0.05, 0) is 37.1 Å². The predicted molar refractivity (Wildman–Crippen MR) is 64.4 cm³/mol. The lowest BCUT2D eigenvalue weighted by Crippen LogP contribution is -2.55. The van der Waals surface area contributed by atoms with Crippen LogP contribution in [0.3, 0.4) is 0 Å². The van der Waals surface area contributed by atoms with Crippen LogP contribution >= 0.6 is 11.6 Å². The Morgan fingerprint density at radius 2 is 2.12 bits per heavy atom. The highest BCUT2D eigenvalue weighted by atomic mass is 35.5. The maximum atomic E-state index is 13.6. The van der Waals surface area contributed by atoms with Crippen molar-refractivity contribution in [3.05, 3.63) is 34.1 Å². The Balaban J connectivity index is 2.42. The molecule has 0 radical (unpaired) electrons. The van der Waals surface area contributed by atoms with Gasteiger partial charge in [-0.2, -0.15) is 0 Å². The number of piperazine rings is 1. The van der Waals surface area contributed by atoms with Gasteiger partial charge in [0.1, 0.15) is 5.82 Å². The van der Waals surface area contributed by atoms with E-state index in [1.807, 2.05) is 6.92 Å². The maximum absolute atomic E-state index is 13.6. The summed E-state index contributed by atoms with van der Waals surface area (Å²) in [6.45, 7) is 6.31. The third-order valence-electron chi connectivity index (χ3n) is 3.14. The molecule has 1 saturated heterocycles. The van der Waals surface area contributed by atoms with E-state index in [1.54, 1.807) is 13.0 Å². The molecule has 2 rings (SSSR count). The number of rotatable bonds is 1. The standard InChI is InChI=1S/C12H16ClFN2/c1-8-5-10(13)9(6-11(8)14)12(2)7-15-3-4-16-12/h5-6,15-16H,3-4,7H2,1-2H3. The van der Waals surface area contributed by atoms with Crippen molar-refractivity contribution in [1.82, 2.24) is 10.6 Å². The first-order chi connectivity index (χ1) is 7.53. The van der Waals surface area contributed by atoms with Crippen LogP contribution in [0.5, 0.6) is 0 Å². The average Bonchev–Trinajstić information content (AvgIpc) is 2.24. The molecular formula is C12H16ClFN2. The van der Waals surface area contributed by atoms with Crippen molar-refractivity contribution < 1.29 is 4.39 Å². The predicted octanol–water partition coefficient (Wildman–Crippen LogP) is 2.20. The largest absolute Gasteiger partial charge is 0.313 e. The topological polar surface area (TPSA) is 24.1 Å². The molecule has 1 aliphatic heterocycles. The lowest BCUT2D eigenvalue weighted by atomic mass is 9.89. The summed E-state index contributed by atoms with van der Waals surface area (Å²) in [6.07, 6.45) is 0. The Hall–Kier alpha value is -0.640. The molecule has 1 aromatic carbocycles. The number of hydrogen-bond acceptors (Lipinski definition) is 2. The quantitative estimate of drug-likeness (QED) is 0.789. The summed E-state index contributed by atoms with van der Waals surface area (Å²) < 4.78 is 13.6. The van der Waals surface area contributed by atoms with Crippen molar-refractivity contribution in [1.29, 1.82) is 0 Å². The van der Waals surface area contributed by atoms with E-state index in [0.717, 1.165) is 25.2 Å². The zero-order valence-corrected chi connectivity index (χ0v) is 10.3. The summed E-state index contributed by atoms with van der Waals surface area (Å²) in [5, 5.41) is 7.30. The molecule has 0 amide bonds. The first kappa shape index (κ1) is 11.8. The van der Waals surface area contributed by atoms with Crippen LogP contribution in [0.1, 0.15) is 18.1 Å². The second-order valence-corrected chi connectivity index (χ2v) is 4.92. The molecule has 16 heavy (non-hydrogen) atoms. The van der Waals surface area contributed by atoms with Crippen LogP contribution in [0.25, 0.3) is 0 Å². The van der Waals surface area contributed by atoms with E-state index >= 15 is 0 Å². The molecule has 88 valence electrons. The van der Waals surface area contributed by atoms with Crippen LogP contribution in [0.4, 0.5) is 4.39 Å². The van der Waals surface area contributed by atoms with E-state index in [0.29, 0.717) is 10.6 Å². The van der Waals surface area contributed by atoms with E-state index in [4.69, 9.17) is 11.6 Å². The SMILES string of the molecule is Cc1cc(Cl)c(C2(C)CNCCN2)cc1F. The van der Waals surface area contributed by atoms with Gasteiger partial charge in [0, 0.05) is 24.7 Å². The molecule has 1 heterocycles. The molecule has 1 aliphatic rings. The molecular weight excluding hydrogens is 227 g/mol. The molecule has 0 bridgehead atoms. The van der Waals surface area contributed by atoms with Gasteiger partial charge in [0.25, 0.3) is 0 Å². The number of aryl methyl sites for hydroxylation is 1. The van der Waals surface area contributed by atoms with E-state index in [1.165, 1.54) is 6.07 Å². The molecule has 0 spiro atoms. The Kier molecular flexibility index (Phi) is 3.19. The highest BCUT2D eigenvalue weighted by molar-refractivity contribution is 6.31. The van der Waals surface area contributed by atoms with Gasteiger partial charge in [-0.15, -0.1) is 0 Å². The van der Waals surface area contributed by atoms with E-state index in [9.17, 15) is 4.39 Å². The monoisotopic (exact) mass is 242 g/mol. The number of halogens is 2. The van der Waals surface area contributed by atoms with Crippen LogP contribution in [0.15, 0.2) is 12.1 Å². The van der Waals surface area contributed by atoms with Crippen LogP contribution in [-0.2, 0) is 5.54 Å². The summed E-state index contributed by atoms with van der Waals surface area (Å²) in [6, 6.07) is 3.23. The van der Waals surface area contributed by atoms with Crippen molar-refractivity contribution in [2.45, 2.75) is 19.4 Å². The third-order valence-corrected chi connectivity index (χ3v) is 3.45. The number of nitrogens with one attached hydrogen (secondary N) is 2. The molecule has 1 unspecified atom stereocenters. The van der Waals surface area contributed by atoms with Gasteiger partial charge < -0.3 is 10.6 Å². The average molecular weight is 243 g/mol. The molecule has 2 nitrogen and oxygen atoms in total. The molecule has 4 heteroatoms. The Labute approximate surface area is 100 Å². The van der Waals surface area contributed by atoms with E-state index in [2.05, 4.69) is 10.6 Å². The smallest absolute Gasteiger partial charge is 0.126 e. The fraction of sp³-hybridized carbons (Fsp3) is 0.500. The fourth-order valence-corrected chi connectivity index (χ4v) is 2.51. The van der Waals surface area contributed by atoms with Crippen molar-refractivity contribution in [3.8, 4) is 0 Å². The van der Waals surface area contributed by atoms with E-state index < -0.39 is 0 Å². The van der Waals surface area contributed by atoms with Crippen molar-refractivity contribution in [2.24, 2.45) is 0 Å². The number of benzene rings is 1. The molecule has 0 aliphatic carbocycles. The normalized spacial score (nSPS) is 25.8. The second-order valence-electron chi connectivity index (χ2n) is 4.52. The second kappa shape index (κ2) is 4.32. The summed E-state index contributed by atoms with van der Waals surface area (Å²) in [4.78, 5) is 0. The van der Waals surface area contributed by atoms with Gasteiger partial charge in [0.2, 0.25) is 0 Å². The summed E-state index contributed by atoms with van der Waals surface area (Å²) >= 11 is 6.19. The van der Waals surface area contributed by atoms with Crippen molar-refractivity contribution in [3.63, 3.8) is 0 Å². The summed E-state index contributed by atoms with van der Waals surface area (Å²) in [7, 11) is 0. The summed E-state index contributed by atoms with van der Waals surface area (Å²) in [5.74, 6) is -0.201. The third kappa shape index (κ3) is 2.08. The lowest BCUT2D eigenvalue weighted by molar-refractivity contribution is 0.302. The van der Waals surface area contributed by atoms with Gasteiger partial charge in [0.15, 0.2) is 0 Å². The fourth-order valence-electron chi connectivity index (χ4n) is 2.09. The Morgan fingerprint density at radius 1 is 1.38 bits per heavy atom.